The Morgan fingerprint density at radius 1 is 0.441 bits per heavy atom. The molecule has 2 aromatic carbocycles. The van der Waals surface area contributed by atoms with Gasteiger partial charge in [-0.05, 0) is 221 Å². The number of carbonyl (C=O) groups excluding carboxylic acids is 6. The molecule has 4 aromatic rings. The number of nitrogens with zero attached hydrogens (tertiary/aromatic N) is 7. The normalized spacial score (nSPS) is 36.5. The van der Waals surface area contributed by atoms with Gasteiger partial charge in [-0.15, -0.1) is 0 Å². The van der Waals surface area contributed by atoms with Crippen molar-refractivity contribution in [3.63, 3.8) is 0 Å². The Balaban J connectivity index is 0.000000110. The zero-order chi connectivity index (χ0) is 63.9. The lowest BCUT2D eigenvalue weighted by atomic mass is 9.78. The predicted molar refractivity (Wildman–Crippen MR) is 361 cm³/mol. The van der Waals surface area contributed by atoms with Crippen LogP contribution in [0, 0.1) is 107 Å². The highest BCUT2D eigenvalue weighted by Crippen LogP contribution is 2.58. The first-order chi connectivity index (χ1) is 45.5. The maximum Gasteiger partial charge on any atom is 0.317 e. The van der Waals surface area contributed by atoms with Crippen LogP contribution in [0.5, 0.6) is 0 Å². The molecule has 9 saturated carbocycles. The number of aliphatic hydroxyl groups excluding tert-OH is 2. The van der Waals surface area contributed by atoms with Crippen LogP contribution in [0.1, 0.15) is 135 Å². The molecule has 18 rings (SSSR count). The molecule has 0 spiro atoms. The van der Waals surface area contributed by atoms with Crippen LogP contribution in [0.2, 0.25) is 0 Å². The average molecular weight is 1310 g/mol. The van der Waals surface area contributed by atoms with Gasteiger partial charge in [0, 0.05) is 96.0 Å². The summed E-state index contributed by atoms with van der Waals surface area (Å²) in [5, 5.41) is 24.4. The second-order valence-corrected chi connectivity index (χ2v) is 32.1. The first-order valence-electron chi connectivity index (χ1n) is 36.5. The summed E-state index contributed by atoms with van der Waals surface area (Å²) in [4.78, 5) is 85.1. The van der Waals surface area contributed by atoms with Crippen molar-refractivity contribution in [2.24, 2.45) is 112 Å². The third-order valence-corrected chi connectivity index (χ3v) is 27.4. The molecule has 7 heterocycles. The second kappa shape index (κ2) is 29.0. The summed E-state index contributed by atoms with van der Waals surface area (Å²) >= 11 is 3.19. The fourth-order valence-electron chi connectivity index (χ4n) is 20.9. The Morgan fingerprint density at radius 2 is 0.796 bits per heavy atom. The third kappa shape index (κ3) is 13.1. The zero-order valence-electron chi connectivity index (χ0n) is 54.5. The molecular weight excluding hydrogens is 1210 g/mol. The van der Waals surface area contributed by atoms with E-state index in [1.54, 1.807) is 32.9 Å². The Labute approximate surface area is 557 Å². The lowest BCUT2D eigenvalue weighted by molar-refractivity contribution is -0.155. The Bertz CT molecular complexity index is 3220. The minimum atomic E-state index is -0.253. The van der Waals surface area contributed by atoms with E-state index in [0.29, 0.717) is 84.8 Å². The minimum absolute atomic E-state index is 0.00687. The molecule has 14 aliphatic rings. The van der Waals surface area contributed by atoms with Crippen LogP contribution in [0.25, 0.3) is 20.2 Å². The van der Waals surface area contributed by atoms with Gasteiger partial charge in [0.1, 0.15) is 11.6 Å². The molecule has 6 bridgehead atoms. The summed E-state index contributed by atoms with van der Waals surface area (Å²) in [6.45, 7) is 12.0. The van der Waals surface area contributed by atoms with E-state index in [9.17, 15) is 33.9 Å². The van der Waals surface area contributed by atoms with Crippen LogP contribution in [0.4, 0.5) is 11.6 Å². The van der Waals surface area contributed by atoms with Gasteiger partial charge >= 0.3 is 11.9 Å². The largest absolute Gasteiger partial charge is 0.396 e. The summed E-state index contributed by atoms with van der Waals surface area (Å²) in [7, 11) is 0. The van der Waals surface area contributed by atoms with Crippen molar-refractivity contribution in [3.8, 4) is 0 Å². The maximum atomic E-state index is 13.3. The fraction of sp³-hybridized carbons (Fsp3) is 0.726. The molecule has 14 fully saturated rings. The summed E-state index contributed by atoms with van der Waals surface area (Å²) < 4.78 is 16.5. The molecule has 5 saturated heterocycles. The van der Waals surface area contributed by atoms with E-state index in [-0.39, 0.29) is 83.6 Å². The third-order valence-electron chi connectivity index (χ3n) is 25.8. The molecule has 5 N–H and O–H groups in total. The molecule has 0 radical (unpaired) electrons. The number of imide groups is 2. The number of nitrogens with one attached hydrogen (secondary N) is 1. The van der Waals surface area contributed by atoms with Crippen LogP contribution in [0.15, 0.2) is 48.5 Å². The number of cyclic esters (lactones) is 2. The number of hydrogen-bond donors (Lipinski definition) is 4. The molecule has 2 aromatic heterocycles. The van der Waals surface area contributed by atoms with Gasteiger partial charge in [-0.2, -0.15) is 8.75 Å². The van der Waals surface area contributed by atoms with E-state index in [0.717, 1.165) is 161 Å². The number of hydrogen-bond acceptors (Lipinski definition) is 18. The smallest absolute Gasteiger partial charge is 0.317 e. The van der Waals surface area contributed by atoms with Crippen molar-refractivity contribution in [2.45, 2.75) is 135 Å². The summed E-state index contributed by atoms with van der Waals surface area (Å²) in [5.41, 5.74) is 5.56. The molecule has 20 heteroatoms. The Kier molecular flexibility index (Phi) is 20.4. The topological polar surface area (TPSA) is 232 Å². The highest BCUT2D eigenvalue weighted by molar-refractivity contribution is 7.14. The molecule has 18 atom stereocenters. The van der Waals surface area contributed by atoms with E-state index < -0.39 is 0 Å². The van der Waals surface area contributed by atoms with Gasteiger partial charge in [0.15, 0.2) is 0 Å². The SMILES string of the molecule is NC[C@@H]1CCCC[C@H]1CO.O=C1OC(=O)[C@H]2[C@@H]3CC[C@H](C3)[C@@H]12.O=C1[C@@H]2[C@@H]3CC[C@H](C3)[C@@H]2C(=O)N1CC1CCCC[C@H]1CO.O=C1[C@@H]2[C@@H]3CC[C@H](C3)[C@@H]2C(=O)N1C[C@@H]1CCCC[C@H]1CN1CCN(c2nsc3ccccc23)CC1.c1ccc2c(N3CCNCC3)nsc2c1. The number of anilines is 2. The number of nitrogens with two attached hydrogens (primary N) is 1. The zero-order valence-corrected chi connectivity index (χ0v) is 56.2. The summed E-state index contributed by atoms with van der Waals surface area (Å²) in [6.07, 6.45) is 24.4. The van der Waals surface area contributed by atoms with Crippen molar-refractivity contribution < 1.29 is 43.7 Å². The number of aromatic nitrogens is 2. The van der Waals surface area contributed by atoms with Crippen molar-refractivity contribution in [1.82, 2.24) is 28.8 Å². The van der Waals surface area contributed by atoms with Gasteiger partial charge in [0.05, 0.1) is 44.9 Å². The van der Waals surface area contributed by atoms with E-state index >= 15 is 0 Å². The summed E-state index contributed by atoms with van der Waals surface area (Å²) in [6, 6.07) is 17.0. The number of likely N-dealkylation sites (tertiary alicyclic amines) is 2. The molecule has 5 aliphatic heterocycles. The van der Waals surface area contributed by atoms with Gasteiger partial charge in [-0.3, -0.25) is 43.5 Å². The van der Waals surface area contributed by atoms with Crippen LogP contribution in [-0.2, 0) is 33.5 Å². The van der Waals surface area contributed by atoms with Crippen molar-refractivity contribution in [1.29, 1.82) is 0 Å². The highest BCUT2D eigenvalue weighted by atomic mass is 32.1. The molecule has 1 unspecified atom stereocenters. The van der Waals surface area contributed by atoms with E-state index in [2.05, 4.69) is 77.7 Å². The highest BCUT2D eigenvalue weighted by Gasteiger charge is 2.63. The average Bonchev–Trinajstić information content (AvgIpc) is 1.59. The lowest BCUT2D eigenvalue weighted by Crippen LogP contribution is -2.49. The quantitative estimate of drug-likeness (QED) is 0.0623. The van der Waals surface area contributed by atoms with Crippen molar-refractivity contribution in [2.75, 3.05) is 102 Å². The van der Waals surface area contributed by atoms with Crippen molar-refractivity contribution in [3.05, 3.63) is 48.5 Å². The monoisotopic (exact) mass is 1310 g/mol. The van der Waals surface area contributed by atoms with Crippen LogP contribution >= 0.6 is 23.1 Å². The second-order valence-electron chi connectivity index (χ2n) is 30.5. The van der Waals surface area contributed by atoms with Crippen LogP contribution in [0.3, 0.4) is 0 Å². The van der Waals surface area contributed by atoms with Gasteiger partial charge in [0.2, 0.25) is 23.6 Å². The predicted octanol–water partition coefficient (Wildman–Crippen LogP) is 9.25. The molecule has 93 heavy (non-hydrogen) atoms. The van der Waals surface area contributed by atoms with Gasteiger partial charge < -0.3 is 35.8 Å². The van der Waals surface area contributed by atoms with Gasteiger partial charge in [0.25, 0.3) is 0 Å². The number of rotatable bonds is 11. The van der Waals surface area contributed by atoms with Crippen LogP contribution in [-0.4, -0.2) is 161 Å². The molecule has 504 valence electrons. The van der Waals surface area contributed by atoms with E-state index in [1.807, 2.05) is 0 Å². The molecule has 4 amide bonds. The maximum absolute atomic E-state index is 13.3. The van der Waals surface area contributed by atoms with E-state index in [1.165, 1.54) is 71.5 Å². The number of amides is 4. The minimum Gasteiger partial charge on any atom is -0.396 e. The summed E-state index contributed by atoms with van der Waals surface area (Å²) in [5.74, 6) is 7.91. The lowest BCUT2D eigenvalue weighted by Gasteiger charge is -2.40. The molecule has 18 nitrogen and oxygen atoms in total. The number of piperazine rings is 2. The number of esters is 2. The first kappa shape index (κ1) is 65.3. The van der Waals surface area contributed by atoms with Crippen LogP contribution < -0.4 is 20.9 Å². The Hall–Kier alpha value is -4.96. The number of aliphatic hydroxyl groups is 2. The Morgan fingerprint density at radius 3 is 1.20 bits per heavy atom. The van der Waals surface area contributed by atoms with Crippen molar-refractivity contribution >= 4 is 90.4 Å². The van der Waals surface area contributed by atoms with Gasteiger partial charge in [-0.25, -0.2) is 0 Å². The fourth-order valence-corrected chi connectivity index (χ4v) is 22.5. The number of carbonyl (C=O) groups is 6. The molecular formula is C73H101N9O9S2. The number of fused-ring (bicyclic) bond motifs is 17. The standard InChI is InChI=1S/C28H36N4O2S.C17H25NO3.C11H13N3S.C9H10O3.C8H17NO/c33-27-24-18-9-10-19(15-18)25(24)28(34)32(27)17-21-6-2-1-5-20(21)16-30-11-13-31(14-12-30)26-22-7-3-4-8-23(22)35-29-26;19-9-13-4-2-1-3-12(13)8-18-16(20)14-10-5-6-11(7-10)15(14)17(18)21;1-2-4-10-9(3-1)11(13-15-10)14-7-5-12-6-8-14;10-8-6-4-1-2-5(3-4)7(6)9(11)12-8;9-5-7-3-1-2-4-8(7)6-10/h3-4,7-8,18-21,24-25H,1-2,5-6,9-17H2;10-15,19H,1-9H2;1-4,12H,5-8H2;4-7H,1-3H2;7-8,10H,1-6,9H2/t18-,19-,20+,21+,24-,25+;10-,11-,12?,13+,14-,15+;;4-,5-,6-,7+;7-,8-/m11.10/s1. The first-order valence-corrected chi connectivity index (χ1v) is 38.0. The van der Waals surface area contributed by atoms with Gasteiger partial charge in [-0.1, -0.05) is 62.8 Å². The number of benzene rings is 2. The number of ether oxygens (including phenoxy) is 1. The van der Waals surface area contributed by atoms with E-state index in [4.69, 9.17) is 15.2 Å². The molecule has 9 aliphatic carbocycles.